The quantitative estimate of drug-likeness (QED) is 0.120. The molecule has 0 saturated carbocycles. The summed E-state index contributed by atoms with van der Waals surface area (Å²) in [6.45, 7) is 0. The zero-order valence-electron chi connectivity index (χ0n) is 69.3. The number of hydrogen-bond acceptors (Lipinski definition) is 0. The van der Waals surface area contributed by atoms with Crippen molar-refractivity contribution < 1.29 is 0 Å². The van der Waals surface area contributed by atoms with Crippen molar-refractivity contribution in [3.63, 3.8) is 0 Å². The fraction of sp³-hybridized carbons (Fsp3) is 0. The molecule has 0 radical (unpaired) electrons. The van der Waals surface area contributed by atoms with Crippen molar-refractivity contribution in [2.75, 3.05) is 0 Å². The Hall–Kier alpha value is -16.4. The van der Waals surface area contributed by atoms with Crippen molar-refractivity contribution in [2.45, 2.75) is 0 Å². The second-order valence-corrected chi connectivity index (χ2v) is 33.1. The van der Waals surface area contributed by atoms with Gasteiger partial charge in [0.15, 0.2) is 0 Å². The molecular weight excluding hydrogens is 1510 g/mol. The Kier molecular flexibility index (Phi) is 19.1. The first-order valence-corrected chi connectivity index (χ1v) is 43.7. The van der Waals surface area contributed by atoms with Crippen LogP contribution in [0.4, 0.5) is 0 Å². The first-order valence-electron chi connectivity index (χ1n) is 43.7. The second kappa shape index (κ2) is 32.2. The molecule has 0 aromatic heterocycles. The Bertz CT molecular complexity index is 8480. The molecular formula is C126H82. The summed E-state index contributed by atoms with van der Waals surface area (Å²) in [5.41, 5.74) is 25.2. The molecule has 0 fully saturated rings. The van der Waals surface area contributed by atoms with Crippen molar-refractivity contribution in [1.29, 1.82) is 0 Å². The van der Waals surface area contributed by atoms with Crippen LogP contribution >= 0.6 is 0 Å². The predicted octanol–water partition coefficient (Wildman–Crippen LogP) is 35.6. The average Bonchev–Trinajstić information content (AvgIpc) is 0.732. The molecule has 0 spiro atoms. The predicted molar refractivity (Wildman–Crippen MR) is 544 cm³/mol. The normalized spacial score (nSPS) is 11.5. The molecule has 0 unspecified atom stereocenters. The van der Waals surface area contributed by atoms with Gasteiger partial charge in [0, 0.05) is 0 Å². The lowest BCUT2D eigenvalue weighted by Crippen LogP contribution is -1.93. The fourth-order valence-electron chi connectivity index (χ4n) is 20.2. The van der Waals surface area contributed by atoms with Gasteiger partial charge in [-0.05, 0) is 277 Å². The molecule has 0 amide bonds. The van der Waals surface area contributed by atoms with Crippen LogP contribution < -0.4 is 0 Å². The maximum Gasteiger partial charge on any atom is -0.00259 e. The molecule has 126 heavy (non-hydrogen) atoms. The molecule has 0 bridgehead atoms. The van der Waals surface area contributed by atoms with Crippen molar-refractivity contribution in [3.8, 4) is 111 Å². The third-order valence-electron chi connectivity index (χ3n) is 25.9. The summed E-state index contributed by atoms with van der Waals surface area (Å²) < 4.78 is 0. The summed E-state index contributed by atoms with van der Waals surface area (Å²) in [6.07, 6.45) is 0. The first kappa shape index (κ1) is 74.7. The minimum absolute atomic E-state index is 1.23. The Balaban J connectivity index is 0.000000110. The fourth-order valence-corrected chi connectivity index (χ4v) is 20.2. The summed E-state index contributed by atoms with van der Waals surface area (Å²) in [5.74, 6) is 0. The van der Waals surface area contributed by atoms with E-state index in [4.69, 9.17) is 0 Å². The molecule has 25 aromatic carbocycles. The lowest BCUT2D eigenvalue weighted by atomic mass is 9.83. The van der Waals surface area contributed by atoms with Gasteiger partial charge in [-0.1, -0.05) is 461 Å². The standard InChI is InChI=1S/C46H30.C44H28.C36H24/c1-4-16-31(17-5-1)43-36-23-11-14-26-39(36)46(40-27-15-12-24-37(40)43)34-28-29-41-42(30-34)45(33-20-8-3-9-21-33)38-25-13-10-22-35(38)44(41)32-18-6-2-7-19-32;1-4-12-32-25-35(20-17-29(32)9-1)36-23-24-41-42(28-36)44(38-22-19-31-11-3-6-14-34(31)27-38)40-16-8-7-15-39(40)43(41)37-21-18-30-10-2-5-13-33(30)26-37;1-3-13-26(14-4-1)35-31-19-9-10-20-32(31)36(27-15-5-2-6-16-27)34-24-28(22-23-33(34)35)30-21-11-17-25-12-7-8-18-29(25)30/h1-30H;1-28H;1-24H. The highest BCUT2D eigenvalue weighted by molar-refractivity contribution is 6.28. The Labute approximate surface area is 732 Å². The SMILES string of the molecule is c1ccc(-c2c3ccccc3c(-c3ccc4c(-c5ccccc5)c5ccccc5c(-c5ccccc5)c4c3)c3ccccc23)cc1.c1ccc(-c2c3ccccc3c(-c3ccccc3)c3cc(-c4cccc5ccccc45)ccc23)cc1.c1ccc2cc(-c3ccc4c(-c5ccc6ccccc6c5)c5ccccc5c(-c5ccc6ccccc6c5)c4c3)ccc2c1. The van der Waals surface area contributed by atoms with Gasteiger partial charge in [0.05, 0.1) is 0 Å². The van der Waals surface area contributed by atoms with E-state index in [9.17, 15) is 0 Å². The van der Waals surface area contributed by atoms with Gasteiger partial charge in [-0.15, -0.1) is 0 Å². The molecule has 0 nitrogen and oxygen atoms in total. The third kappa shape index (κ3) is 13.4. The van der Waals surface area contributed by atoms with Crippen LogP contribution in [0.1, 0.15) is 0 Å². The van der Waals surface area contributed by atoms with Gasteiger partial charge in [-0.3, -0.25) is 0 Å². The zero-order valence-corrected chi connectivity index (χ0v) is 69.3. The Morgan fingerprint density at radius 3 is 0.611 bits per heavy atom. The summed E-state index contributed by atoms with van der Waals surface area (Å²) in [7, 11) is 0. The lowest BCUT2D eigenvalue weighted by molar-refractivity contribution is 1.64. The van der Waals surface area contributed by atoms with E-state index in [-0.39, 0.29) is 0 Å². The van der Waals surface area contributed by atoms with Crippen molar-refractivity contribution in [1.82, 2.24) is 0 Å². The van der Waals surface area contributed by atoms with Gasteiger partial charge < -0.3 is 0 Å². The van der Waals surface area contributed by atoms with E-state index < -0.39 is 0 Å². The summed E-state index contributed by atoms with van der Waals surface area (Å²) in [6, 6.07) is 182. The van der Waals surface area contributed by atoms with Crippen molar-refractivity contribution in [3.05, 3.63) is 497 Å². The summed E-state index contributed by atoms with van der Waals surface area (Å²) >= 11 is 0. The topological polar surface area (TPSA) is 0 Å². The van der Waals surface area contributed by atoms with E-state index in [1.54, 1.807) is 0 Å². The molecule has 0 aliphatic rings. The highest BCUT2D eigenvalue weighted by Crippen LogP contribution is 2.52. The van der Waals surface area contributed by atoms with Crippen LogP contribution in [0.3, 0.4) is 0 Å². The van der Waals surface area contributed by atoms with E-state index in [0.717, 1.165) is 0 Å². The van der Waals surface area contributed by atoms with Gasteiger partial charge >= 0.3 is 0 Å². The van der Waals surface area contributed by atoms with Gasteiger partial charge in [0.1, 0.15) is 0 Å². The van der Waals surface area contributed by atoms with Crippen LogP contribution in [0, 0.1) is 0 Å². The van der Waals surface area contributed by atoms with Gasteiger partial charge in [-0.2, -0.15) is 0 Å². The maximum absolute atomic E-state index is 2.45. The Morgan fingerprint density at radius 1 is 0.0794 bits per heavy atom. The number of benzene rings is 25. The molecule has 25 aromatic rings. The molecule has 0 aliphatic carbocycles. The van der Waals surface area contributed by atoms with Gasteiger partial charge in [0.25, 0.3) is 0 Å². The lowest BCUT2D eigenvalue weighted by Gasteiger charge is -2.20. The van der Waals surface area contributed by atoms with E-state index in [2.05, 4.69) is 497 Å². The van der Waals surface area contributed by atoms with Gasteiger partial charge in [-0.25, -0.2) is 0 Å². The van der Waals surface area contributed by atoms with Crippen LogP contribution in [0.2, 0.25) is 0 Å². The molecule has 0 heteroatoms. The number of fused-ring (bicyclic) bond motifs is 12. The van der Waals surface area contributed by atoms with Gasteiger partial charge in [0.2, 0.25) is 0 Å². The molecule has 0 saturated heterocycles. The monoisotopic (exact) mass is 1590 g/mol. The van der Waals surface area contributed by atoms with Crippen molar-refractivity contribution in [2.24, 2.45) is 0 Å². The largest absolute Gasteiger partial charge is 0.0622 e. The minimum Gasteiger partial charge on any atom is -0.0622 e. The highest BCUT2D eigenvalue weighted by Gasteiger charge is 2.25. The smallest absolute Gasteiger partial charge is 0.00259 e. The molecule has 0 aliphatic heterocycles. The molecule has 0 heterocycles. The molecule has 0 N–H and O–H groups in total. The van der Waals surface area contributed by atoms with E-state index in [1.807, 2.05) is 0 Å². The first-order chi connectivity index (χ1) is 62.5. The number of rotatable bonds is 10. The summed E-state index contributed by atoms with van der Waals surface area (Å²) in [5, 5.41) is 30.5. The van der Waals surface area contributed by atoms with E-state index >= 15 is 0 Å². The highest BCUT2D eigenvalue weighted by atomic mass is 14.3. The molecule has 25 rings (SSSR count). The van der Waals surface area contributed by atoms with Crippen LogP contribution in [0.15, 0.2) is 497 Å². The zero-order chi connectivity index (χ0) is 83.4. The summed E-state index contributed by atoms with van der Waals surface area (Å²) in [4.78, 5) is 0. The number of hydrogen-bond donors (Lipinski definition) is 0. The molecule has 0 atom stereocenters. The van der Waals surface area contributed by atoms with Crippen LogP contribution in [0.25, 0.3) is 241 Å². The van der Waals surface area contributed by atoms with Crippen LogP contribution in [0.5, 0.6) is 0 Å². The second-order valence-electron chi connectivity index (χ2n) is 33.1. The average molecular weight is 1600 g/mol. The molecule has 586 valence electrons. The minimum atomic E-state index is 1.23. The third-order valence-corrected chi connectivity index (χ3v) is 25.9. The Morgan fingerprint density at radius 2 is 0.270 bits per heavy atom. The van der Waals surface area contributed by atoms with E-state index in [0.29, 0.717) is 0 Å². The van der Waals surface area contributed by atoms with E-state index in [1.165, 1.54) is 241 Å². The van der Waals surface area contributed by atoms with Crippen molar-refractivity contribution >= 4 is 129 Å². The maximum atomic E-state index is 2.45. The van der Waals surface area contributed by atoms with Crippen LogP contribution in [-0.2, 0) is 0 Å². The van der Waals surface area contributed by atoms with Crippen LogP contribution in [-0.4, -0.2) is 0 Å².